The minimum absolute atomic E-state index is 0.757. The molecule has 0 aliphatic carbocycles. The quantitative estimate of drug-likeness (QED) is 0.580. The van der Waals surface area contributed by atoms with E-state index in [0.29, 0.717) is 0 Å². The van der Waals surface area contributed by atoms with E-state index in [1.807, 2.05) is 42.5 Å². The summed E-state index contributed by atoms with van der Waals surface area (Å²) in [5.41, 5.74) is 1.04. The van der Waals surface area contributed by atoms with Gasteiger partial charge in [0.15, 0.2) is 0 Å². The molecule has 0 amide bonds. The number of hydrogen-bond donors (Lipinski definition) is 1. The van der Waals surface area contributed by atoms with Crippen LogP contribution in [-0.2, 0) is 0 Å². The maximum atomic E-state index is 5.10. The summed E-state index contributed by atoms with van der Waals surface area (Å²) < 4.78 is 0. The van der Waals surface area contributed by atoms with Crippen molar-refractivity contribution in [2.75, 3.05) is 5.32 Å². The van der Waals surface area contributed by atoms with Gasteiger partial charge in [0.05, 0.1) is 0 Å². The van der Waals surface area contributed by atoms with E-state index in [2.05, 4.69) is 12.2 Å². The Labute approximate surface area is 84.5 Å². The fraction of sp³-hybridized carbons (Fsp3) is 0.182. The first-order valence-electron chi connectivity index (χ1n) is 4.35. The second kappa shape index (κ2) is 5.49. The van der Waals surface area contributed by atoms with E-state index in [0.717, 1.165) is 17.1 Å². The van der Waals surface area contributed by atoms with Crippen LogP contribution in [0.4, 0.5) is 5.69 Å². The first-order valence-corrected chi connectivity index (χ1v) is 4.76. The molecule has 0 radical (unpaired) electrons. The second-order valence-corrected chi connectivity index (χ2v) is 3.11. The van der Waals surface area contributed by atoms with Crippen molar-refractivity contribution in [3.63, 3.8) is 0 Å². The van der Waals surface area contributed by atoms with Gasteiger partial charge < -0.3 is 5.32 Å². The van der Waals surface area contributed by atoms with Gasteiger partial charge in [-0.1, -0.05) is 43.4 Å². The summed E-state index contributed by atoms with van der Waals surface area (Å²) in [6.07, 6.45) is 4.97. The van der Waals surface area contributed by atoms with Gasteiger partial charge in [-0.25, -0.2) is 0 Å². The zero-order valence-corrected chi connectivity index (χ0v) is 8.47. The Kier molecular flexibility index (Phi) is 4.19. The predicted molar refractivity (Wildman–Crippen MR) is 62.1 cm³/mol. The molecule has 2 heteroatoms. The summed E-state index contributed by atoms with van der Waals surface area (Å²) in [7, 11) is 0. The van der Waals surface area contributed by atoms with Gasteiger partial charge in [0.1, 0.15) is 4.99 Å². The SMILES string of the molecule is CCC=CC(=S)Nc1ccccc1. The third-order valence-electron chi connectivity index (χ3n) is 1.55. The number of hydrogen-bond acceptors (Lipinski definition) is 1. The molecule has 0 aromatic heterocycles. The molecule has 1 rings (SSSR count). The van der Waals surface area contributed by atoms with Crippen LogP contribution in [0.25, 0.3) is 0 Å². The summed E-state index contributed by atoms with van der Waals surface area (Å²) >= 11 is 5.10. The highest BCUT2D eigenvalue weighted by Gasteiger charge is 1.90. The first kappa shape index (κ1) is 9.93. The van der Waals surface area contributed by atoms with E-state index >= 15 is 0 Å². The number of benzene rings is 1. The Morgan fingerprint density at radius 1 is 1.38 bits per heavy atom. The minimum atomic E-state index is 0.757. The molecule has 0 saturated heterocycles. The lowest BCUT2D eigenvalue weighted by Gasteiger charge is -2.02. The fourth-order valence-electron chi connectivity index (χ4n) is 0.930. The molecule has 1 N–H and O–H groups in total. The summed E-state index contributed by atoms with van der Waals surface area (Å²) in [6.45, 7) is 2.08. The van der Waals surface area contributed by atoms with Gasteiger partial charge in [0.25, 0.3) is 0 Å². The van der Waals surface area contributed by atoms with Crippen LogP contribution >= 0.6 is 12.2 Å². The molecular formula is C11H13NS. The summed E-state index contributed by atoms with van der Waals surface area (Å²) in [4.78, 5) is 0.757. The normalized spacial score (nSPS) is 10.2. The van der Waals surface area contributed by atoms with Crippen molar-refractivity contribution < 1.29 is 0 Å². The molecule has 1 nitrogen and oxygen atoms in total. The summed E-state index contributed by atoms with van der Waals surface area (Å²) in [6, 6.07) is 9.93. The molecule has 0 atom stereocenters. The number of nitrogens with one attached hydrogen (secondary N) is 1. The van der Waals surface area contributed by atoms with Crippen LogP contribution in [-0.4, -0.2) is 4.99 Å². The van der Waals surface area contributed by atoms with Gasteiger partial charge in [0, 0.05) is 5.69 Å². The monoisotopic (exact) mass is 191 g/mol. The number of para-hydroxylation sites is 1. The van der Waals surface area contributed by atoms with Crippen molar-refractivity contribution in [2.45, 2.75) is 13.3 Å². The van der Waals surface area contributed by atoms with Crippen LogP contribution in [0.2, 0.25) is 0 Å². The van der Waals surface area contributed by atoms with E-state index in [-0.39, 0.29) is 0 Å². The van der Waals surface area contributed by atoms with Crippen LogP contribution < -0.4 is 5.32 Å². The molecule has 0 aliphatic heterocycles. The van der Waals surface area contributed by atoms with Gasteiger partial charge >= 0.3 is 0 Å². The zero-order chi connectivity index (χ0) is 9.52. The average Bonchev–Trinajstić information content (AvgIpc) is 2.16. The molecule has 1 aromatic carbocycles. The fourth-order valence-corrected chi connectivity index (χ4v) is 1.14. The highest BCUT2D eigenvalue weighted by molar-refractivity contribution is 7.81. The Balaban J connectivity index is 2.50. The topological polar surface area (TPSA) is 12.0 Å². The van der Waals surface area contributed by atoms with Crippen molar-refractivity contribution >= 4 is 22.9 Å². The lowest BCUT2D eigenvalue weighted by Crippen LogP contribution is -2.04. The van der Waals surface area contributed by atoms with Gasteiger partial charge in [0.2, 0.25) is 0 Å². The molecule has 0 aliphatic rings. The van der Waals surface area contributed by atoms with Crippen molar-refractivity contribution in [1.82, 2.24) is 0 Å². The Hall–Kier alpha value is -1.15. The summed E-state index contributed by atoms with van der Waals surface area (Å²) in [5.74, 6) is 0. The minimum Gasteiger partial charge on any atom is -0.347 e. The summed E-state index contributed by atoms with van der Waals surface area (Å²) in [5, 5.41) is 3.12. The highest BCUT2D eigenvalue weighted by Crippen LogP contribution is 2.05. The average molecular weight is 191 g/mol. The Bertz CT molecular complexity index is 290. The van der Waals surface area contributed by atoms with Gasteiger partial charge in [-0.2, -0.15) is 0 Å². The van der Waals surface area contributed by atoms with E-state index in [1.165, 1.54) is 0 Å². The predicted octanol–water partition coefficient (Wildman–Crippen LogP) is 3.39. The van der Waals surface area contributed by atoms with E-state index in [9.17, 15) is 0 Å². The van der Waals surface area contributed by atoms with E-state index in [4.69, 9.17) is 12.2 Å². The first-order chi connectivity index (χ1) is 6.33. The maximum absolute atomic E-state index is 5.10. The van der Waals surface area contributed by atoms with Crippen molar-refractivity contribution in [2.24, 2.45) is 0 Å². The molecule has 13 heavy (non-hydrogen) atoms. The number of rotatable bonds is 3. The van der Waals surface area contributed by atoms with Gasteiger partial charge in [-0.3, -0.25) is 0 Å². The number of anilines is 1. The molecule has 0 saturated carbocycles. The third kappa shape index (κ3) is 3.85. The molecule has 0 spiro atoms. The van der Waals surface area contributed by atoms with Crippen LogP contribution in [0.1, 0.15) is 13.3 Å². The van der Waals surface area contributed by atoms with Gasteiger partial charge in [-0.05, 0) is 24.6 Å². The Morgan fingerprint density at radius 3 is 2.69 bits per heavy atom. The zero-order valence-electron chi connectivity index (χ0n) is 7.66. The largest absolute Gasteiger partial charge is 0.347 e. The molecule has 0 bridgehead atoms. The van der Waals surface area contributed by atoms with Crippen LogP contribution in [0, 0.1) is 0 Å². The molecule has 0 fully saturated rings. The standard InChI is InChI=1S/C11H13NS/c1-2-3-9-11(13)12-10-7-5-4-6-8-10/h3-9H,2H2,1H3,(H,12,13). The molecule has 0 heterocycles. The van der Waals surface area contributed by atoms with Crippen LogP contribution in [0.3, 0.4) is 0 Å². The third-order valence-corrected chi connectivity index (χ3v) is 1.78. The van der Waals surface area contributed by atoms with E-state index < -0.39 is 0 Å². The molecule has 1 aromatic rings. The maximum Gasteiger partial charge on any atom is 0.103 e. The molecule has 0 unspecified atom stereocenters. The molecule has 68 valence electrons. The molecular weight excluding hydrogens is 178 g/mol. The van der Waals surface area contributed by atoms with Gasteiger partial charge in [-0.15, -0.1) is 0 Å². The van der Waals surface area contributed by atoms with Crippen LogP contribution in [0.15, 0.2) is 42.5 Å². The van der Waals surface area contributed by atoms with Crippen LogP contribution in [0.5, 0.6) is 0 Å². The van der Waals surface area contributed by atoms with E-state index in [1.54, 1.807) is 0 Å². The number of allylic oxidation sites excluding steroid dienone is 1. The lowest BCUT2D eigenvalue weighted by molar-refractivity contribution is 1.23. The Morgan fingerprint density at radius 2 is 2.08 bits per heavy atom. The highest BCUT2D eigenvalue weighted by atomic mass is 32.1. The number of thiocarbonyl (C=S) groups is 1. The lowest BCUT2D eigenvalue weighted by atomic mass is 10.3. The second-order valence-electron chi connectivity index (χ2n) is 2.67. The van der Waals surface area contributed by atoms with Crippen molar-refractivity contribution in [3.8, 4) is 0 Å². The van der Waals surface area contributed by atoms with Crippen molar-refractivity contribution in [3.05, 3.63) is 42.5 Å². The smallest absolute Gasteiger partial charge is 0.103 e. The van der Waals surface area contributed by atoms with Crippen molar-refractivity contribution in [1.29, 1.82) is 0 Å².